The van der Waals surface area contributed by atoms with Crippen LogP contribution in [0, 0.1) is 18.2 Å². The van der Waals surface area contributed by atoms with Gasteiger partial charge in [0.05, 0.1) is 6.54 Å². The average molecular weight is 281 g/mol. The Bertz CT molecular complexity index is 474. The van der Waals surface area contributed by atoms with Crippen LogP contribution >= 0.6 is 0 Å². The van der Waals surface area contributed by atoms with E-state index in [1.165, 1.54) is 12.1 Å². The Morgan fingerprint density at radius 1 is 1.45 bits per heavy atom. The van der Waals surface area contributed by atoms with Crippen LogP contribution in [0.25, 0.3) is 0 Å². The summed E-state index contributed by atoms with van der Waals surface area (Å²) in [6.07, 6.45) is 0. The van der Waals surface area contributed by atoms with Gasteiger partial charge >= 0.3 is 0 Å². The minimum Gasteiger partial charge on any atom is -0.330 e. The van der Waals surface area contributed by atoms with Crippen LogP contribution in [0.15, 0.2) is 18.2 Å². The number of likely N-dealkylation sites (N-methyl/N-ethyl adjacent to an activating group) is 1. The Morgan fingerprint density at radius 3 is 2.70 bits per heavy atom. The summed E-state index contributed by atoms with van der Waals surface area (Å²) < 4.78 is 13.2. The van der Waals surface area contributed by atoms with E-state index in [1.54, 1.807) is 6.07 Å². The molecule has 4 nitrogen and oxygen atoms in total. The number of benzene rings is 1. The van der Waals surface area contributed by atoms with E-state index in [2.05, 4.69) is 19.2 Å². The van der Waals surface area contributed by atoms with Crippen molar-refractivity contribution in [2.45, 2.75) is 20.8 Å². The van der Waals surface area contributed by atoms with E-state index < -0.39 is 0 Å². The molecular weight excluding hydrogens is 257 g/mol. The predicted octanol–water partition coefficient (Wildman–Crippen LogP) is 1.99. The first-order valence-corrected chi connectivity index (χ1v) is 6.68. The van der Waals surface area contributed by atoms with Gasteiger partial charge in [-0.1, -0.05) is 19.9 Å². The summed E-state index contributed by atoms with van der Waals surface area (Å²) in [6.45, 7) is 7.47. The quantitative estimate of drug-likeness (QED) is 0.838. The number of hydrogen-bond acceptors (Lipinski definition) is 3. The molecule has 0 bridgehead atoms. The first-order chi connectivity index (χ1) is 9.23. The lowest BCUT2D eigenvalue weighted by Crippen LogP contribution is -2.40. The van der Waals surface area contributed by atoms with E-state index in [1.807, 2.05) is 18.9 Å². The van der Waals surface area contributed by atoms with Crippen LogP contribution in [-0.4, -0.2) is 37.5 Å². The van der Waals surface area contributed by atoms with Crippen molar-refractivity contribution in [1.82, 2.24) is 4.90 Å². The standard InChI is InChI=1S/C15H24FN3O/c1-11-5-6-12(16)7-13(11)18-14(20)8-19(4)10-15(2,3)9-17/h5-7H,8-10,17H2,1-4H3,(H,18,20). The number of aryl methyl sites for hydroxylation is 1. The summed E-state index contributed by atoms with van der Waals surface area (Å²) in [5.74, 6) is -0.516. The van der Waals surface area contributed by atoms with Crippen molar-refractivity contribution in [1.29, 1.82) is 0 Å². The second-order valence-corrected chi connectivity index (χ2v) is 6.05. The third kappa shape index (κ3) is 5.27. The third-order valence-electron chi connectivity index (χ3n) is 3.14. The Hall–Kier alpha value is -1.46. The van der Waals surface area contributed by atoms with E-state index in [-0.39, 0.29) is 23.7 Å². The SMILES string of the molecule is Cc1ccc(F)cc1NC(=O)CN(C)CC(C)(C)CN. The highest BCUT2D eigenvalue weighted by Crippen LogP contribution is 2.16. The van der Waals surface area contributed by atoms with Crippen LogP contribution < -0.4 is 11.1 Å². The maximum absolute atomic E-state index is 13.2. The average Bonchev–Trinajstić information content (AvgIpc) is 2.33. The first kappa shape index (κ1) is 16.6. The summed E-state index contributed by atoms with van der Waals surface area (Å²) >= 11 is 0. The zero-order valence-electron chi connectivity index (χ0n) is 12.7. The third-order valence-corrected chi connectivity index (χ3v) is 3.14. The fourth-order valence-electron chi connectivity index (χ4n) is 2.01. The number of anilines is 1. The van der Waals surface area contributed by atoms with Gasteiger partial charge in [-0.2, -0.15) is 0 Å². The van der Waals surface area contributed by atoms with Crippen LogP contribution in [0.2, 0.25) is 0 Å². The molecule has 0 aliphatic carbocycles. The second kappa shape index (κ2) is 6.81. The Labute approximate surface area is 120 Å². The minimum absolute atomic E-state index is 0.0379. The topological polar surface area (TPSA) is 58.4 Å². The van der Waals surface area contributed by atoms with Gasteiger partial charge in [-0.3, -0.25) is 9.69 Å². The smallest absolute Gasteiger partial charge is 0.238 e. The normalized spacial score (nSPS) is 11.8. The Morgan fingerprint density at radius 2 is 2.10 bits per heavy atom. The fraction of sp³-hybridized carbons (Fsp3) is 0.533. The number of nitrogens with zero attached hydrogens (tertiary/aromatic N) is 1. The van der Waals surface area contributed by atoms with E-state index in [4.69, 9.17) is 5.73 Å². The van der Waals surface area contributed by atoms with Crippen LogP contribution in [0.1, 0.15) is 19.4 Å². The van der Waals surface area contributed by atoms with Gasteiger partial charge in [-0.25, -0.2) is 4.39 Å². The van der Waals surface area contributed by atoms with Crippen LogP contribution in [0.3, 0.4) is 0 Å². The molecule has 0 aromatic heterocycles. The highest BCUT2D eigenvalue weighted by atomic mass is 19.1. The molecule has 0 saturated heterocycles. The van der Waals surface area contributed by atoms with E-state index >= 15 is 0 Å². The van der Waals surface area contributed by atoms with E-state index in [0.717, 1.165) is 12.1 Å². The lowest BCUT2D eigenvalue weighted by Gasteiger charge is -2.28. The zero-order chi connectivity index (χ0) is 15.3. The lowest BCUT2D eigenvalue weighted by atomic mass is 9.93. The number of nitrogens with two attached hydrogens (primary N) is 1. The van der Waals surface area contributed by atoms with Gasteiger partial charge in [-0.15, -0.1) is 0 Å². The van der Waals surface area contributed by atoms with E-state index in [9.17, 15) is 9.18 Å². The molecule has 0 fully saturated rings. The molecule has 0 saturated carbocycles. The molecule has 1 amide bonds. The van der Waals surface area contributed by atoms with Crippen molar-refractivity contribution < 1.29 is 9.18 Å². The molecule has 0 radical (unpaired) electrons. The molecule has 0 heterocycles. The molecule has 1 aromatic rings. The highest BCUT2D eigenvalue weighted by molar-refractivity contribution is 5.92. The number of nitrogens with one attached hydrogen (secondary N) is 1. The van der Waals surface area contributed by atoms with Gasteiger partial charge in [0.2, 0.25) is 5.91 Å². The maximum atomic E-state index is 13.2. The van der Waals surface area contributed by atoms with Gasteiger partial charge < -0.3 is 11.1 Å². The number of carbonyl (C=O) groups is 1. The number of halogens is 1. The summed E-state index contributed by atoms with van der Waals surface area (Å²) in [5.41, 5.74) is 6.99. The number of rotatable bonds is 6. The molecule has 3 N–H and O–H groups in total. The van der Waals surface area contributed by atoms with Gasteiger partial charge in [0.15, 0.2) is 0 Å². The molecule has 0 atom stereocenters. The molecule has 5 heteroatoms. The zero-order valence-corrected chi connectivity index (χ0v) is 12.7. The van der Waals surface area contributed by atoms with E-state index in [0.29, 0.717) is 12.2 Å². The monoisotopic (exact) mass is 281 g/mol. The maximum Gasteiger partial charge on any atom is 0.238 e. The molecule has 0 unspecified atom stereocenters. The van der Waals surface area contributed by atoms with Crippen LogP contribution in [-0.2, 0) is 4.79 Å². The Kier molecular flexibility index (Phi) is 5.65. The molecule has 0 aliphatic heterocycles. The van der Waals surface area contributed by atoms with Gasteiger partial charge in [0.1, 0.15) is 5.82 Å². The number of carbonyl (C=O) groups excluding carboxylic acids is 1. The second-order valence-electron chi connectivity index (χ2n) is 6.05. The predicted molar refractivity (Wildman–Crippen MR) is 80.1 cm³/mol. The lowest BCUT2D eigenvalue weighted by molar-refractivity contribution is -0.117. The van der Waals surface area contributed by atoms with Crippen molar-refractivity contribution in [2.24, 2.45) is 11.1 Å². The first-order valence-electron chi connectivity index (χ1n) is 6.68. The molecule has 1 aromatic carbocycles. The van der Waals surface area contributed by atoms with Crippen molar-refractivity contribution in [2.75, 3.05) is 32.0 Å². The van der Waals surface area contributed by atoms with Gasteiger partial charge in [0.25, 0.3) is 0 Å². The molecule has 20 heavy (non-hydrogen) atoms. The highest BCUT2D eigenvalue weighted by Gasteiger charge is 2.19. The molecular formula is C15H24FN3O. The summed E-state index contributed by atoms with van der Waals surface area (Å²) in [5, 5.41) is 2.73. The minimum atomic E-state index is -0.358. The summed E-state index contributed by atoms with van der Waals surface area (Å²) in [6, 6.07) is 4.35. The molecule has 0 aliphatic rings. The van der Waals surface area contributed by atoms with Crippen LogP contribution in [0.4, 0.5) is 10.1 Å². The molecule has 1 rings (SSSR count). The van der Waals surface area contributed by atoms with Crippen molar-refractivity contribution in [3.05, 3.63) is 29.6 Å². The van der Waals surface area contributed by atoms with Crippen molar-refractivity contribution in [3.8, 4) is 0 Å². The molecule has 0 spiro atoms. The molecule has 112 valence electrons. The fourth-order valence-corrected chi connectivity index (χ4v) is 2.01. The van der Waals surface area contributed by atoms with Crippen molar-refractivity contribution in [3.63, 3.8) is 0 Å². The summed E-state index contributed by atoms with van der Waals surface area (Å²) in [4.78, 5) is 13.9. The number of hydrogen-bond donors (Lipinski definition) is 2. The van der Waals surface area contributed by atoms with Gasteiger partial charge in [0, 0.05) is 12.2 Å². The summed E-state index contributed by atoms with van der Waals surface area (Å²) in [7, 11) is 1.87. The Balaban J connectivity index is 2.57. The largest absolute Gasteiger partial charge is 0.330 e. The van der Waals surface area contributed by atoms with Crippen molar-refractivity contribution >= 4 is 11.6 Å². The van der Waals surface area contributed by atoms with Crippen LogP contribution in [0.5, 0.6) is 0 Å². The number of amides is 1. The van der Waals surface area contributed by atoms with Gasteiger partial charge in [-0.05, 0) is 43.6 Å².